The maximum absolute atomic E-state index is 13.2. The molecule has 112 valence electrons. The normalized spacial score (nSPS) is 16.0. The Hall–Kier alpha value is -0.780. The molecule has 1 aromatic carbocycles. The fourth-order valence-electron chi connectivity index (χ4n) is 2.33. The molecule has 0 amide bonds. The molecule has 0 fully saturated rings. The summed E-state index contributed by atoms with van der Waals surface area (Å²) in [7, 11) is -9.64. The molecule has 0 aliphatic rings. The second-order valence-electron chi connectivity index (χ2n) is 4.81. The summed E-state index contributed by atoms with van der Waals surface area (Å²) >= 11 is 0. The van der Waals surface area contributed by atoms with E-state index in [9.17, 15) is 19.4 Å². The smallest absolute Gasteiger partial charge is 0.0936 e. The van der Waals surface area contributed by atoms with E-state index in [1.807, 2.05) is 0 Å². The van der Waals surface area contributed by atoms with Crippen molar-refractivity contribution in [1.82, 2.24) is 0 Å². The van der Waals surface area contributed by atoms with E-state index in [-0.39, 0.29) is 17.5 Å². The van der Waals surface area contributed by atoms with E-state index in [0.29, 0.717) is 24.8 Å². The van der Waals surface area contributed by atoms with Gasteiger partial charge >= 0.3 is 10.2 Å². The van der Waals surface area contributed by atoms with Crippen LogP contribution in [0.4, 0.5) is 19.4 Å². The van der Waals surface area contributed by atoms with Crippen molar-refractivity contribution >= 4 is 10.2 Å². The van der Waals surface area contributed by atoms with Crippen LogP contribution >= 0.6 is 10.2 Å². The minimum Gasteiger partial charge on any atom is -0.0936 e. The standard InChI is InChI=1S/C13H19F5S/c1-4-6-11-8-9-12(7-5-2)13(10(11)3)19(14,15,16,17)18/h8-9H,4-7H2,1-3H3. The molecule has 0 aliphatic carbocycles. The molecule has 1 rings (SSSR count). The van der Waals surface area contributed by atoms with Crippen LogP contribution in [0, 0.1) is 6.92 Å². The molecule has 0 nitrogen and oxygen atoms in total. The summed E-state index contributed by atoms with van der Waals surface area (Å²) in [5.41, 5.74) is -0.253. The average molecular weight is 302 g/mol. The number of halogens is 5. The van der Waals surface area contributed by atoms with Crippen molar-refractivity contribution in [1.29, 1.82) is 0 Å². The monoisotopic (exact) mass is 302 g/mol. The zero-order valence-corrected chi connectivity index (χ0v) is 12.1. The Morgan fingerprint density at radius 1 is 0.842 bits per heavy atom. The Bertz CT molecular complexity index is 475. The highest BCUT2D eigenvalue weighted by atomic mass is 32.5. The van der Waals surface area contributed by atoms with Crippen LogP contribution in [-0.2, 0) is 12.8 Å². The summed E-state index contributed by atoms with van der Waals surface area (Å²) < 4.78 is 66.1. The summed E-state index contributed by atoms with van der Waals surface area (Å²) in [6.45, 7) is 4.63. The van der Waals surface area contributed by atoms with Crippen LogP contribution in [0.15, 0.2) is 17.0 Å². The van der Waals surface area contributed by atoms with Gasteiger partial charge in [0.25, 0.3) is 0 Å². The second kappa shape index (κ2) is 4.36. The van der Waals surface area contributed by atoms with Crippen molar-refractivity contribution in [2.75, 3.05) is 0 Å². The van der Waals surface area contributed by atoms with Crippen LogP contribution in [0.25, 0.3) is 0 Å². The lowest BCUT2D eigenvalue weighted by Gasteiger charge is -2.43. The topological polar surface area (TPSA) is 0 Å². The highest BCUT2D eigenvalue weighted by molar-refractivity contribution is 8.45. The Morgan fingerprint density at radius 2 is 1.26 bits per heavy atom. The number of rotatable bonds is 5. The molecule has 0 saturated heterocycles. The third kappa shape index (κ3) is 3.84. The zero-order valence-electron chi connectivity index (χ0n) is 11.3. The van der Waals surface area contributed by atoms with Gasteiger partial charge < -0.3 is 0 Å². The molecule has 0 saturated carbocycles. The number of hydrogen-bond donors (Lipinski definition) is 0. The average Bonchev–Trinajstić information content (AvgIpc) is 2.18. The molecular weight excluding hydrogens is 283 g/mol. The number of benzene rings is 1. The van der Waals surface area contributed by atoms with Crippen molar-refractivity contribution in [3.63, 3.8) is 0 Å². The first-order chi connectivity index (χ1) is 8.40. The number of hydrogen-bond acceptors (Lipinski definition) is 0. The van der Waals surface area contributed by atoms with Gasteiger partial charge in [0.1, 0.15) is 4.90 Å². The maximum Gasteiger partial charge on any atom is 0.310 e. The fraction of sp³-hybridized carbons (Fsp3) is 0.538. The van der Waals surface area contributed by atoms with Gasteiger partial charge in [0.05, 0.1) is 0 Å². The molecule has 0 aliphatic heterocycles. The first-order valence-corrected chi connectivity index (χ1v) is 8.21. The Balaban J connectivity index is 3.63. The first-order valence-electron chi connectivity index (χ1n) is 6.26. The highest BCUT2D eigenvalue weighted by Gasteiger charge is 2.67. The molecular formula is C13H19F5S. The van der Waals surface area contributed by atoms with E-state index in [4.69, 9.17) is 0 Å². The maximum atomic E-state index is 13.2. The van der Waals surface area contributed by atoms with Gasteiger partial charge in [0.15, 0.2) is 0 Å². The lowest BCUT2D eigenvalue weighted by atomic mass is 9.99. The van der Waals surface area contributed by atoms with Gasteiger partial charge in [-0.2, -0.15) is 0 Å². The molecule has 0 aromatic heterocycles. The SMILES string of the molecule is CCCc1ccc(CCC)c(S(F)(F)(F)(F)F)c1C. The van der Waals surface area contributed by atoms with Gasteiger partial charge in [0.2, 0.25) is 0 Å². The van der Waals surface area contributed by atoms with Crippen LogP contribution in [0.2, 0.25) is 0 Å². The van der Waals surface area contributed by atoms with Gasteiger partial charge in [-0.25, -0.2) is 0 Å². The summed E-state index contributed by atoms with van der Waals surface area (Å²) in [5, 5.41) is 0. The third-order valence-electron chi connectivity index (χ3n) is 3.02. The summed E-state index contributed by atoms with van der Waals surface area (Å²) in [5.74, 6) is 0. The minimum absolute atomic E-state index is 0.00811. The lowest BCUT2D eigenvalue weighted by molar-refractivity contribution is 0.361. The van der Waals surface area contributed by atoms with Crippen LogP contribution in [-0.4, -0.2) is 0 Å². The third-order valence-corrected chi connectivity index (χ3v) is 4.36. The minimum atomic E-state index is -9.64. The molecule has 0 bridgehead atoms. The van der Waals surface area contributed by atoms with Crippen molar-refractivity contribution in [3.05, 3.63) is 28.8 Å². The molecule has 0 radical (unpaired) electrons. The predicted octanol–water partition coefficient (Wildman–Crippen LogP) is 6.56. The predicted molar refractivity (Wildman–Crippen MR) is 70.6 cm³/mol. The van der Waals surface area contributed by atoms with Gasteiger partial charge in [-0.05, 0) is 36.5 Å². The van der Waals surface area contributed by atoms with Crippen LogP contribution in [0.5, 0.6) is 0 Å². The van der Waals surface area contributed by atoms with Crippen molar-refractivity contribution in [2.24, 2.45) is 0 Å². The molecule has 0 atom stereocenters. The van der Waals surface area contributed by atoms with Crippen molar-refractivity contribution < 1.29 is 19.4 Å². The van der Waals surface area contributed by atoms with Crippen molar-refractivity contribution in [2.45, 2.75) is 51.3 Å². The largest absolute Gasteiger partial charge is 0.310 e. The van der Waals surface area contributed by atoms with E-state index in [1.54, 1.807) is 13.8 Å². The Morgan fingerprint density at radius 3 is 1.68 bits per heavy atom. The van der Waals surface area contributed by atoms with Crippen LogP contribution in [0.1, 0.15) is 43.4 Å². The molecule has 0 N–H and O–H groups in total. The molecule has 19 heavy (non-hydrogen) atoms. The molecule has 6 heteroatoms. The lowest BCUT2D eigenvalue weighted by Crippen LogP contribution is -2.13. The van der Waals surface area contributed by atoms with E-state index >= 15 is 0 Å². The van der Waals surface area contributed by atoms with E-state index in [0.717, 1.165) is 6.92 Å². The first kappa shape index (κ1) is 16.3. The van der Waals surface area contributed by atoms with E-state index < -0.39 is 15.1 Å². The van der Waals surface area contributed by atoms with Crippen molar-refractivity contribution in [3.8, 4) is 0 Å². The molecule has 1 aromatic rings. The highest BCUT2D eigenvalue weighted by Crippen LogP contribution is 3.02. The van der Waals surface area contributed by atoms with E-state index in [2.05, 4.69) is 0 Å². The molecule has 0 spiro atoms. The Kier molecular flexibility index (Phi) is 3.74. The zero-order chi connectivity index (χ0) is 15.0. The van der Waals surface area contributed by atoms with Crippen LogP contribution in [0.3, 0.4) is 0 Å². The second-order valence-corrected chi connectivity index (χ2v) is 7.15. The fourth-order valence-corrected chi connectivity index (χ4v) is 3.71. The molecule has 0 heterocycles. The summed E-state index contributed by atoms with van der Waals surface area (Å²) in [6, 6.07) is 2.74. The van der Waals surface area contributed by atoms with Gasteiger partial charge in [-0.15, -0.1) is 0 Å². The quantitative estimate of drug-likeness (QED) is 0.540. The Labute approximate surface area is 110 Å². The van der Waals surface area contributed by atoms with Gasteiger partial charge in [0, 0.05) is 0 Å². The van der Waals surface area contributed by atoms with Gasteiger partial charge in [-0.1, -0.05) is 58.3 Å². The van der Waals surface area contributed by atoms with Gasteiger partial charge in [-0.3, -0.25) is 0 Å². The van der Waals surface area contributed by atoms with Crippen LogP contribution < -0.4 is 0 Å². The summed E-state index contributed by atoms with van der Waals surface area (Å²) in [4.78, 5) is -1.66. The summed E-state index contributed by atoms with van der Waals surface area (Å²) in [6.07, 6.45) is 1.40. The molecule has 0 unspecified atom stereocenters. The van der Waals surface area contributed by atoms with E-state index in [1.165, 1.54) is 12.1 Å². The number of aryl methyl sites for hydroxylation is 2.